The molecule has 166 valence electrons. The van der Waals surface area contributed by atoms with Crippen molar-refractivity contribution in [3.63, 3.8) is 0 Å². The van der Waals surface area contributed by atoms with Gasteiger partial charge in [0.05, 0.1) is 6.20 Å². The van der Waals surface area contributed by atoms with E-state index in [4.69, 9.17) is 9.47 Å². The number of carbonyl (C=O) groups is 2. The molecule has 0 aliphatic carbocycles. The first-order chi connectivity index (χ1) is 15.4. The van der Waals surface area contributed by atoms with Crippen LogP contribution < -0.4 is 10.1 Å². The molecule has 2 heterocycles. The number of para-hydroxylation sites is 1. The maximum Gasteiger partial charge on any atom is 0.344 e. The highest BCUT2D eigenvalue weighted by Crippen LogP contribution is 2.32. The van der Waals surface area contributed by atoms with E-state index in [0.29, 0.717) is 5.75 Å². The lowest BCUT2D eigenvalue weighted by Crippen LogP contribution is -2.23. The third kappa shape index (κ3) is 5.69. The van der Waals surface area contributed by atoms with Gasteiger partial charge in [0, 0.05) is 18.1 Å². The van der Waals surface area contributed by atoms with Gasteiger partial charge in [-0.05, 0) is 47.2 Å². The van der Waals surface area contributed by atoms with Crippen molar-refractivity contribution in [2.24, 2.45) is 0 Å². The molecule has 1 amide bonds. The molecular formula is C25H27N3O4. The van der Waals surface area contributed by atoms with Crippen molar-refractivity contribution in [2.45, 2.75) is 39.5 Å². The van der Waals surface area contributed by atoms with E-state index in [1.54, 1.807) is 24.4 Å². The Hall–Kier alpha value is -3.74. The van der Waals surface area contributed by atoms with Crippen molar-refractivity contribution in [1.29, 1.82) is 0 Å². The molecule has 32 heavy (non-hydrogen) atoms. The summed E-state index contributed by atoms with van der Waals surface area (Å²) >= 11 is 0. The predicted molar refractivity (Wildman–Crippen MR) is 122 cm³/mol. The Labute approximate surface area is 187 Å². The second kappa shape index (κ2) is 10.5. The number of carbonyl (C=O) groups excluding carboxylic acids is 2. The summed E-state index contributed by atoms with van der Waals surface area (Å²) in [4.78, 5) is 33.3. The van der Waals surface area contributed by atoms with E-state index in [0.717, 1.165) is 16.8 Å². The van der Waals surface area contributed by atoms with Crippen molar-refractivity contribution < 1.29 is 19.1 Å². The molecule has 0 unspecified atom stereocenters. The van der Waals surface area contributed by atoms with Crippen LogP contribution in [0.3, 0.4) is 0 Å². The molecule has 0 atom stereocenters. The third-order valence-corrected chi connectivity index (χ3v) is 4.81. The van der Waals surface area contributed by atoms with Crippen LogP contribution in [0.4, 0.5) is 5.69 Å². The lowest BCUT2D eigenvalue weighted by Gasteiger charge is -2.20. The predicted octanol–water partition coefficient (Wildman–Crippen LogP) is 5.31. The first kappa shape index (κ1) is 22.9. The maximum atomic E-state index is 12.6. The molecule has 0 saturated carbocycles. The van der Waals surface area contributed by atoms with Gasteiger partial charge in [0.1, 0.15) is 11.3 Å². The van der Waals surface area contributed by atoms with E-state index >= 15 is 0 Å². The van der Waals surface area contributed by atoms with Crippen molar-refractivity contribution >= 4 is 17.6 Å². The highest BCUT2D eigenvalue weighted by Gasteiger charge is 2.19. The number of aromatic nitrogens is 2. The first-order valence-electron chi connectivity index (χ1n) is 10.5. The molecule has 0 aliphatic rings. The lowest BCUT2D eigenvalue weighted by atomic mass is 9.92. The van der Waals surface area contributed by atoms with Crippen LogP contribution in [-0.4, -0.2) is 28.5 Å². The summed E-state index contributed by atoms with van der Waals surface area (Å²) in [6.07, 6.45) is 4.63. The van der Waals surface area contributed by atoms with Gasteiger partial charge in [0.2, 0.25) is 5.88 Å². The van der Waals surface area contributed by atoms with E-state index in [9.17, 15) is 9.59 Å². The van der Waals surface area contributed by atoms with Crippen LogP contribution in [0.15, 0.2) is 61.1 Å². The average Bonchev–Trinajstić information content (AvgIpc) is 2.78. The van der Waals surface area contributed by atoms with Crippen LogP contribution >= 0.6 is 0 Å². The Balaban J connectivity index is 1.70. The minimum Gasteiger partial charge on any atom is -0.452 e. The smallest absolute Gasteiger partial charge is 0.344 e. The van der Waals surface area contributed by atoms with Gasteiger partial charge in [-0.25, -0.2) is 9.78 Å². The third-order valence-electron chi connectivity index (χ3n) is 4.81. The molecule has 0 spiro atoms. The molecule has 1 aromatic carbocycles. The minimum absolute atomic E-state index is 0.0816. The Morgan fingerprint density at radius 3 is 2.25 bits per heavy atom. The second-order valence-electron chi connectivity index (χ2n) is 7.89. The monoisotopic (exact) mass is 433 g/mol. The highest BCUT2D eigenvalue weighted by atomic mass is 16.5. The van der Waals surface area contributed by atoms with Gasteiger partial charge in [-0.3, -0.25) is 9.78 Å². The number of benzene rings is 1. The fourth-order valence-corrected chi connectivity index (χ4v) is 3.23. The highest BCUT2D eigenvalue weighted by molar-refractivity contribution is 5.97. The molecule has 3 aromatic rings. The molecule has 0 bridgehead atoms. The van der Waals surface area contributed by atoms with E-state index in [1.807, 2.05) is 18.2 Å². The zero-order valence-electron chi connectivity index (χ0n) is 18.7. The number of nitrogens with zero attached hydrogens (tertiary/aromatic N) is 2. The molecular weight excluding hydrogens is 406 g/mol. The summed E-state index contributed by atoms with van der Waals surface area (Å²) in [6.45, 7) is 7.86. The minimum atomic E-state index is -0.701. The number of pyridine rings is 2. The van der Waals surface area contributed by atoms with Crippen LogP contribution in [0.1, 0.15) is 61.0 Å². The molecule has 0 aliphatic heterocycles. The molecule has 7 heteroatoms. The topological polar surface area (TPSA) is 90.4 Å². The SMILES string of the molecule is CC(C)c1cccc(C(C)C)c1NC(=O)COC(=O)c1cccnc1Oc1cccnc1. The van der Waals surface area contributed by atoms with E-state index in [2.05, 4.69) is 43.0 Å². The number of ether oxygens (including phenoxy) is 2. The second-order valence-corrected chi connectivity index (χ2v) is 7.89. The maximum absolute atomic E-state index is 12.6. The van der Waals surface area contributed by atoms with Gasteiger partial charge >= 0.3 is 5.97 Å². The number of hydrogen-bond acceptors (Lipinski definition) is 6. The first-order valence-corrected chi connectivity index (χ1v) is 10.5. The molecule has 0 fully saturated rings. The van der Waals surface area contributed by atoms with Gasteiger partial charge in [-0.2, -0.15) is 0 Å². The van der Waals surface area contributed by atoms with Crippen molar-refractivity contribution in [3.8, 4) is 11.6 Å². The van der Waals surface area contributed by atoms with E-state index in [1.165, 1.54) is 18.5 Å². The fraction of sp³-hybridized carbons (Fsp3) is 0.280. The average molecular weight is 434 g/mol. The Morgan fingerprint density at radius 2 is 1.62 bits per heavy atom. The van der Waals surface area contributed by atoms with Gasteiger partial charge in [0.25, 0.3) is 5.91 Å². The Morgan fingerprint density at radius 1 is 0.938 bits per heavy atom. The molecule has 1 N–H and O–H groups in total. The molecule has 0 radical (unpaired) electrons. The van der Waals surface area contributed by atoms with Crippen molar-refractivity contribution in [1.82, 2.24) is 9.97 Å². The van der Waals surface area contributed by atoms with Crippen LogP contribution in [-0.2, 0) is 9.53 Å². The van der Waals surface area contributed by atoms with Gasteiger partial charge in [0.15, 0.2) is 6.61 Å². The Bertz CT molecular complexity index is 1060. The van der Waals surface area contributed by atoms with E-state index < -0.39 is 18.5 Å². The normalized spacial score (nSPS) is 10.8. The van der Waals surface area contributed by atoms with Gasteiger partial charge in [-0.15, -0.1) is 0 Å². The fourth-order valence-electron chi connectivity index (χ4n) is 3.23. The summed E-state index contributed by atoms with van der Waals surface area (Å²) < 4.78 is 10.9. The van der Waals surface area contributed by atoms with Crippen LogP contribution in [0, 0.1) is 0 Å². The summed E-state index contributed by atoms with van der Waals surface area (Å²) in [5.74, 6) is -0.133. The van der Waals surface area contributed by atoms with Crippen molar-refractivity contribution in [2.75, 3.05) is 11.9 Å². The summed E-state index contributed by atoms with van der Waals surface area (Å²) in [5, 5.41) is 2.93. The molecule has 7 nitrogen and oxygen atoms in total. The quantitative estimate of drug-likeness (QED) is 0.484. The number of esters is 1. The van der Waals surface area contributed by atoms with Crippen LogP contribution in [0.5, 0.6) is 11.6 Å². The van der Waals surface area contributed by atoms with Crippen LogP contribution in [0.2, 0.25) is 0 Å². The number of rotatable bonds is 8. The zero-order valence-corrected chi connectivity index (χ0v) is 18.7. The number of nitrogens with one attached hydrogen (secondary N) is 1. The standard InChI is InChI=1S/C25H27N3O4/c1-16(2)19-9-5-10-20(17(3)4)23(19)28-22(29)15-31-25(30)21-11-7-13-27-24(21)32-18-8-6-12-26-14-18/h5-14,16-17H,15H2,1-4H3,(H,28,29). The van der Waals surface area contributed by atoms with E-state index in [-0.39, 0.29) is 23.3 Å². The molecule has 3 rings (SSSR count). The summed E-state index contributed by atoms with van der Waals surface area (Å²) in [6, 6.07) is 12.5. The van der Waals surface area contributed by atoms with Gasteiger partial charge in [-0.1, -0.05) is 45.9 Å². The number of anilines is 1. The largest absolute Gasteiger partial charge is 0.452 e. The number of hydrogen-bond donors (Lipinski definition) is 1. The van der Waals surface area contributed by atoms with Crippen LogP contribution in [0.25, 0.3) is 0 Å². The molecule has 2 aromatic heterocycles. The summed E-state index contributed by atoms with van der Waals surface area (Å²) in [5.41, 5.74) is 2.97. The molecule has 0 saturated heterocycles. The lowest BCUT2D eigenvalue weighted by molar-refractivity contribution is -0.119. The van der Waals surface area contributed by atoms with Crippen molar-refractivity contribution in [3.05, 3.63) is 77.7 Å². The zero-order chi connectivity index (χ0) is 23.1. The van der Waals surface area contributed by atoms with Gasteiger partial charge < -0.3 is 14.8 Å². The Kier molecular flexibility index (Phi) is 7.54. The number of amides is 1. The summed E-state index contributed by atoms with van der Waals surface area (Å²) in [7, 11) is 0.